The van der Waals surface area contributed by atoms with Crippen molar-refractivity contribution in [2.75, 3.05) is 13.7 Å². The van der Waals surface area contributed by atoms with Crippen LogP contribution in [0.5, 0.6) is 11.5 Å². The van der Waals surface area contributed by atoms with Crippen LogP contribution < -0.4 is 9.47 Å². The number of halogens is 2. The van der Waals surface area contributed by atoms with Gasteiger partial charge >= 0.3 is 5.97 Å². The molecule has 3 aromatic rings. The van der Waals surface area contributed by atoms with Crippen LogP contribution in [0.1, 0.15) is 16.7 Å². The summed E-state index contributed by atoms with van der Waals surface area (Å²) in [6, 6.07) is 21.0. The van der Waals surface area contributed by atoms with Gasteiger partial charge in [0.1, 0.15) is 0 Å². The average molecular weight is 560 g/mol. The van der Waals surface area contributed by atoms with E-state index >= 15 is 0 Å². The highest BCUT2D eigenvalue weighted by molar-refractivity contribution is 14.1. The smallest absolute Gasteiger partial charge is 0.363 e. The van der Waals surface area contributed by atoms with Crippen molar-refractivity contribution in [2.24, 2.45) is 4.99 Å². The van der Waals surface area contributed by atoms with Crippen LogP contribution in [0.3, 0.4) is 0 Å². The highest BCUT2D eigenvalue weighted by atomic mass is 127. The third-order valence-corrected chi connectivity index (χ3v) is 5.89. The first-order chi connectivity index (χ1) is 15.5. The van der Waals surface area contributed by atoms with E-state index in [1.165, 1.54) is 5.56 Å². The summed E-state index contributed by atoms with van der Waals surface area (Å²) in [4.78, 5) is 16.7. The fourth-order valence-corrected chi connectivity index (χ4v) is 4.19. The van der Waals surface area contributed by atoms with Gasteiger partial charge in [-0.25, -0.2) is 9.79 Å². The third kappa shape index (κ3) is 5.14. The lowest BCUT2D eigenvalue weighted by Crippen LogP contribution is -2.06. The molecule has 0 unspecified atom stereocenters. The molecule has 0 spiro atoms. The van der Waals surface area contributed by atoms with Crippen molar-refractivity contribution >= 4 is 52.1 Å². The van der Waals surface area contributed by atoms with Gasteiger partial charge in [0.05, 0.1) is 27.9 Å². The number of esters is 1. The van der Waals surface area contributed by atoms with E-state index in [9.17, 15) is 4.79 Å². The molecule has 162 valence electrons. The lowest BCUT2D eigenvalue weighted by molar-refractivity contribution is -0.129. The van der Waals surface area contributed by atoms with Crippen molar-refractivity contribution < 1.29 is 19.0 Å². The number of carbonyl (C=O) groups is 1. The number of aliphatic imine (C=N–C) groups is 1. The summed E-state index contributed by atoms with van der Waals surface area (Å²) < 4.78 is 17.7. The van der Waals surface area contributed by atoms with Gasteiger partial charge in [0, 0.05) is 6.42 Å². The molecule has 0 aromatic heterocycles. The SMILES string of the molecule is COc1cc(/C=C2\N=C(c3ccccc3Cl)OC2=O)cc(I)c1OCCc1ccccc1. The molecule has 32 heavy (non-hydrogen) atoms. The second-order valence-corrected chi connectivity index (χ2v) is 8.50. The lowest BCUT2D eigenvalue weighted by Gasteiger charge is -2.13. The Bertz CT molecular complexity index is 1210. The molecule has 0 amide bonds. The van der Waals surface area contributed by atoms with E-state index in [0.29, 0.717) is 28.7 Å². The summed E-state index contributed by atoms with van der Waals surface area (Å²) in [5.41, 5.74) is 2.71. The second kappa shape index (κ2) is 10.2. The predicted molar refractivity (Wildman–Crippen MR) is 133 cm³/mol. The largest absolute Gasteiger partial charge is 0.493 e. The zero-order valence-corrected chi connectivity index (χ0v) is 20.1. The van der Waals surface area contributed by atoms with E-state index in [4.69, 9.17) is 25.8 Å². The zero-order valence-electron chi connectivity index (χ0n) is 17.2. The Labute approximate surface area is 204 Å². The molecule has 3 aromatic carbocycles. The van der Waals surface area contributed by atoms with Crippen LogP contribution in [-0.4, -0.2) is 25.6 Å². The Morgan fingerprint density at radius 3 is 2.59 bits per heavy atom. The summed E-state index contributed by atoms with van der Waals surface area (Å²) in [6.45, 7) is 0.522. The number of carbonyl (C=O) groups excluding carboxylic acids is 1. The quantitative estimate of drug-likeness (QED) is 0.205. The average Bonchev–Trinajstić information content (AvgIpc) is 3.15. The summed E-state index contributed by atoms with van der Waals surface area (Å²) in [5.74, 6) is 0.908. The molecule has 0 atom stereocenters. The van der Waals surface area contributed by atoms with E-state index in [-0.39, 0.29) is 11.6 Å². The molecule has 0 radical (unpaired) electrons. The number of nitrogens with zero attached hydrogens (tertiary/aromatic N) is 1. The summed E-state index contributed by atoms with van der Waals surface area (Å²) in [5, 5.41) is 0.466. The number of cyclic esters (lactones) is 1. The van der Waals surface area contributed by atoms with Gasteiger partial charge in [0.2, 0.25) is 5.90 Å². The topological polar surface area (TPSA) is 57.1 Å². The number of benzene rings is 3. The van der Waals surface area contributed by atoms with E-state index in [0.717, 1.165) is 15.6 Å². The van der Waals surface area contributed by atoms with Gasteiger partial charge in [-0.2, -0.15) is 0 Å². The first kappa shape index (κ1) is 22.4. The fraction of sp³-hybridized carbons (Fsp3) is 0.120. The zero-order chi connectivity index (χ0) is 22.5. The van der Waals surface area contributed by atoms with Crippen molar-refractivity contribution in [2.45, 2.75) is 6.42 Å². The van der Waals surface area contributed by atoms with Crippen LogP contribution in [-0.2, 0) is 16.0 Å². The van der Waals surface area contributed by atoms with Gasteiger partial charge in [0.15, 0.2) is 17.2 Å². The number of methoxy groups -OCH3 is 1. The van der Waals surface area contributed by atoms with E-state index in [2.05, 4.69) is 39.7 Å². The number of rotatable bonds is 7. The summed E-state index contributed by atoms with van der Waals surface area (Å²) in [6.07, 6.45) is 2.45. The molecule has 4 rings (SSSR count). The Hall–Kier alpha value is -2.84. The van der Waals surface area contributed by atoms with Crippen LogP contribution in [0.4, 0.5) is 0 Å². The molecule has 0 bridgehead atoms. The van der Waals surface area contributed by atoms with Gasteiger partial charge in [-0.15, -0.1) is 0 Å². The van der Waals surface area contributed by atoms with Crippen LogP contribution in [0.25, 0.3) is 6.08 Å². The molecular formula is C25H19ClINO4. The predicted octanol–water partition coefficient (Wildman–Crippen LogP) is 5.92. The molecule has 0 N–H and O–H groups in total. The van der Waals surface area contributed by atoms with Crippen LogP contribution >= 0.6 is 34.2 Å². The molecular weight excluding hydrogens is 541 g/mol. The first-order valence-electron chi connectivity index (χ1n) is 9.87. The van der Waals surface area contributed by atoms with Crippen LogP contribution in [0.15, 0.2) is 77.4 Å². The number of hydrogen-bond acceptors (Lipinski definition) is 5. The maximum absolute atomic E-state index is 12.4. The van der Waals surface area contributed by atoms with Gasteiger partial charge in [-0.05, 0) is 64.1 Å². The molecule has 7 heteroatoms. The van der Waals surface area contributed by atoms with Crippen molar-refractivity contribution in [1.82, 2.24) is 0 Å². The minimum Gasteiger partial charge on any atom is -0.493 e. The first-order valence-corrected chi connectivity index (χ1v) is 11.3. The minimum atomic E-state index is -0.530. The Kier molecular flexibility index (Phi) is 7.12. The molecule has 0 aliphatic carbocycles. The van der Waals surface area contributed by atoms with Crippen LogP contribution in [0, 0.1) is 3.57 Å². The normalized spacial score (nSPS) is 14.3. The van der Waals surface area contributed by atoms with E-state index < -0.39 is 5.97 Å². The number of hydrogen-bond donors (Lipinski definition) is 0. The van der Waals surface area contributed by atoms with Crippen molar-refractivity contribution in [3.63, 3.8) is 0 Å². The molecule has 0 saturated carbocycles. The highest BCUT2D eigenvalue weighted by Gasteiger charge is 2.25. The Balaban J connectivity index is 1.55. The van der Waals surface area contributed by atoms with Gasteiger partial charge in [-0.1, -0.05) is 54.1 Å². The Morgan fingerprint density at radius 2 is 1.84 bits per heavy atom. The molecule has 0 saturated heterocycles. The van der Waals surface area contributed by atoms with Gasteiger partial charge in [-0.3, -0.25) is 0 Å². The lowest BCUT2D eigenvalue weighted by atomic mass is 10.1. The fourth-order valence-electron chi connectivity index (χ4n) is 3.20. The van der Waals surface area contributed by atoms with Crippen molar-refractivity contribution in [3.05, 3.63) is 97.7 Å². The monoisotopic (exact) mass is 559 g/mol. The molecule has 5 nitrogen and oxygen atoms in total. The minimum absolute atomic E-state index is 0.189. The summed E-state index contributed by atoms with van der Waals surface area (Å²) >= 11 is 8.39. The van der Waals surface area contributed by atoms with Crippen molar-refractivity contribution in [1.29, 1.82) is 0 Å². The molecule has 1 aliphatic rings. The third-order valence-electron chi connectivity index (χ3n) is 4.76. The maximum Gasteiger partial charge on any atom is 0.363 e. The Morgan fingerprint density at radius 1 is 1.09 bits per heavy atom. The molecule has 1 heterocycles. The molecule has 1 aliphatic heterocycles. The standard InChI is InChI=1S/C25H19ClINO4/c1-30-22-15-17(13-20(27)23(22)31-12-11-16-7-3-2-4-8-16)14-21-25(29)32-24(28-21)18-9-5-6-10-19(18)26/h2-10,13-15H,11-12H2,1H3/b21-14-. The molecule has 0 fully saturated rings. The van der Waals surface area contributed by atoms with E-state index in [1.807, 2.05) is 36.4 Å². The van der Waals surface area contributed by atoms with Gasteiger partial charge < -0.3 is 14.2 Å². The highest BCUT2D eigenvalue weighted by Crippen LogP contribution is 2.35. The second-order valence-electron chi connectivity index (χ2n) is 6.93. The number of ether oxygens (including phenoxy) is 3. The van der Waals surface area contributed by atoms with E-state index in [1.54, 1.807) is 31.4 Å². The maximum atomic E-state index is 12.4. The van der Waals surface area contributed by atoms with Gasteiger partial charge in [0.25, 0.3) is 0 Å². The summed E-state index contributed by atoms with van der Waals surface area (Å²) in [7, 11) is 1.59. The van der Waals surface area contributed by atoms with Crippen LogP contribution in [0.2, 0.25) is 5.02 Å². The van der Waals surface area contributed by atoms with Crippen molar-refractivity contribution in [3.8, 4) is 11.5 Å².